The van der Waals surface area contributed by atoms with Gasteiger partial charge in [0.1, 0.15) is 5.76 Å². The Kier molecular flexibility index (Phi) is 5.67. The van der Waals surface area contributed by atoms with Gasteiger partial charge in [-0.25, -0.2) is 16.8 Å². The second-order valence-corrected chi connectivity index (χ2v) is 9.45. The number of rotatable bonds is 7. The molecule has 9 heteroatoms. The molecular weight excluding hydrogens is 364 g/mol. The van der Waals surface area contributed by atoms with Gasteiger partial charge < -0.3 is 4.42 Å². The van der Waals surface area contributed by atoms with Crippen LogP contribution in [0, 0.1) is 18.3 Å². The van der Waals surface area contributed by atoms with Crippen molar-refractivity contribution in [2.45, 2.75) is 29.7 Å². The molecule has 0 saturated heterocycles. The van der Waals surface area contributed by atoms with Crippen LogP contribution in [0.25, 0.3) is 0 Å². The van der Waals surface area contributed by atoms with Gasteiger partial charge in [-0.05, 0) is 36.8 Å². The average Bonchev–Trinajstić information content (AvgIpc) is 3.03. The molecule has 0 aliphatic carbocycles. The van der Waals surface area contributed by atoms with Crippen LogP contribution >= 0.6 is 0 Å². The van der Waals surface area contributed by atoms with Gasteiger partial charge in [-0.2, -0.15) is 9.57 Å². The van der Waals surface area contributed by atoms with Crippen LogP contribution in [-0.4, -0.2) is 33.9 Å². The highest BCUT2D eigenvalue weighted by Crippen LogP contribution is 2.25. The minimum Gasteiger partial charge on any atom is -0.468 e. The Morgan fingerprint density at radius 3 is 2.48 bits per heavy atom. The van der Waals surface area contributed by atoms with Crippen LogP contribution in [-0.2, 0) is 26.4 Å². The molecule has 0 radical (unpaired) electrons. The van der Waals surface area contributed by atoms with Crippen LogP contribution < -0.4 is 0 Å². The number of nitrogens with zero attached hydrogens (tertiary/aromatic N) is 2. The van der Waals surface area contributed by atoms with Crippen LogP contribution in [0.5, 0.6) is 0 Å². The Morgan fingerprint density at radius 2 is 1.92 bits per heavy atom. The quantitative estimate of drug-likeness (QED) is 0.725. The SMILES string of the molecule is Cc1ccc(S(C)(=O)=O)cc1S(=O)(=O)N(CCC#N)Cc1ccco1. The van der Waals surface area contributed by atoms with E-state index >= 15 is 0 Å². The molecule has 2 rings (SSSR count). The predicted octanol–water partition coefficient (Wildman–Crippen LogP) is 2.10. The van der Waals surface area contributed by atoms with Crippen LogP contribution in [0.1, 0.15) is 17.7 Å². The van der Waals surface area contributed by atoms with Crippen molar-refractivity contribution in [2.75, 3.05) is 12.8 Å². The molecule has 0 unspecified atom stereocenters. The smallest absolute Gasteiger partial charge is 0.243 e. The highest BCUT2D eigenvalue weighted by Gasteiger charge is 2.28. The molecule has 1 heterocycles. The highest BCUT2D eigenvalue weighted by molar-refractivity contribution is 7.91. The molecule has 0 amide bonds. The lowest BCUT2D eigenvalue weighted by atomic mass is 10.2. The summed E-state index contributed by atoms with van der Waals surface area (Å²) >= 11 is 0. The summed E-state index contributed by atoms with van der Waals surface area (Å²) in [5.74, 6) is 0.429. The number of furan rings is 1. The fourth-order valence-corrected chi connectivity index (χ4v) is 4.64. The molecule has 0 atom stereocenters. The summed E-state index contributed by atoms with van der Waals surface area (Å²) in [5.41, 5.74) is 0.425. The largest absolute Gasteiger partial charge is 0.468 e. The molecule has 1 aromatic carbocycles. The molecule has 0 spiro atoms. The van der Waals surface area contributed by atoms with Crippen molar-refractivity contribution in [1.29, 1.82) is 5.26 Å². The minimum absolute atomic E-state index is 0.00472. The second kappa shape index (κ2) is 7.39. The van der Waals surface area contributed by atoms with Crippen LogP contribution in [0.3, 0.4) is 0 Å². The molecule has 0 saturated carbocycles. The van der Waals surface area contributed by atoms with E-state index < -0.39 is 19.9 Å². The lowest BCUT2D eigenvalue weighted by molar-refractivity contribution is 0.368. The van der Waals surface area contributed by atoms with Gasteiger partial charge in [-0.1, -0.05) is 6.07 Å². The first-order chi connectivity index (χ1) is 11.7. The maximum atomic E-state index is 13.0. The van der Waals surface area contributed by atoms with Crippen molar-refractivity contribution in [3.05, 3.63) is 47.9 Å². The van der Waals surface area contributed by atoms with Gasteiger partial charge in [0, 0.05) is 19.2 Å². The summed E-state index contributed by atoms with van der Waals surface area (Å²) in [5, 5.41) is 8.81. The summed E-state index contributed by atoms with van der Waals surface area (Å²) in [6.07, 6.45) is 2.45. The number of aryl methyl sites for hydroxylation is 1. The first-order valence-electron chi connectivity index (χ1n) is 7.36. The number of hydrogen-bond donors (Lipinski definition) is 0. The molecule has 0 aliphatic rings. The first kappa shape index (κ1) is 19.2. The van der Waals surface area contributed by atoms with E-state index in [2.05, 4.69) is 0 Å². The Hall–Kier alpha value is -2.15. The Labute approximate surface area is 147 Å². The standard InChI is InChI=1S/C16H18N2O5S2/c1-13-6-7-15(24(2,19)20)11-16(13)25(21,22)18(9-4-8-17)12-14-5-3-10-23-14/h3,5-7,10-11H,4,9,12H2,1-2H3. The molecule has 134 valence electrons. The van der Waals surface area contributed by atoms with Gasteiger partial charge in [-0.15, -0.1) is 0 Å². The fraction of sp³-hybridized carbons (Fsp3) is 0.312. The van der Waals surface area contributed by atoms with E-state index in [0.29, 0.717) is 11.3 Å². The molecule has 7 nitrogen and oxygen atoms in total. The van der Waals surface area contributed by atoms with Gasteiger partial charge in [0.15, 0.2) is 9.84 Å². The second-order valence-electron chi connectivity index (χ2n) is 5.53. The van der Waals surface area contributed by atoms with E-state index in [1.165, 1.54) is 18.4 Å². The summed E-state index contributed by atoms with van der Waals surface area (Å²) in [4.78, 5) is -0.171. The van der Waals surface area contributed by atoms with Crippen molar-refractivity contribution in [3.8, 4) is 6.07 Å². The maximum absolute atomic E-state index is 13.0. The summed E-state index contributed by atoms with van der Waals surface area (Å²) < 4.78 is 55.9. The zero-order valence-electron chi connectivity index (χ0n) is 13.8. The van der Waals surface area contributed by atoms with Crippen molar-refractivity contribution >= 4 is 19.9 Å². The van der Waals surface area contributed by atoms with Gasteiger partial charge >= 0.3 is 0 Å². The molecule has 0 N–H and O–H groups in total. The Bertz CT molecular complexity index is 988. The van der Waals surface area contributed by atoms with E-state index in [4.69, 9.17) is 9.68 Å². The highest BCUT2D eigenvalue weighted by atomic mass is 32.2. The third kappa shape index (κ3) is 4.48. The lowest BCUT2D eigenvalue weighted by Crippen LogP contribution is -2.32. The Morgan fingerprint density at radius 1 is 1.20 bits per heavy atom. The molecule has 2 aromatic rings. The summed E-state index contributed by atoms with van der Waals surface area (Å²) in [6, 6.07) is 9.17. The van der Waals surface area contributed by atoms with Crippen LogP contribution in [0.2, 0.25) is 0 Å². The third-order valence-corrected chi connectivity index (χ3v) is 6.69. The topological polar surface area (TPSA) is 108 Å². The average molecular weight is 382 g/mol. The fourth-order valence-electron chi connectivity index (χ4n) is 2.26. The predicted molar refractivity (Wildman–Crippen MR) is 90.8 cm³/mol. The minimum atomic E-state index is -4.01. The molecule has 0 aliphatic heterocycles. The van der Waals surface area contributed by atoms with E-state index in [-0.39, 0.29) is 29.3 Å². The van der Waals surface area contributed by atoms with Crippen molar-refractivity contribution in [2.24, 2.45) is 0 Å². The molecule has 25 heavy (non-hydrogen) atoms. The zero-order chi connectivity index (χ0) is 18.7. The van der Waals surface area contributed by atoms with Gasteiger partial charge in [0.05, 0.1) is 28.7 Å². The number of sulfone groups is 1. The molecule has 0 fully saturated rings. The van der Waals surface area contributed by atoms with E-state index in [9.17, 15) is 16.8 Å². The van der Waals surface area contributed by atoms with Crippen molar-refractivity contribution in [1.82, 2.24) is 4.31 Å². The maximum Gasteiger partial charge on any atom is 0.243 e. The zero-order valence-corrected chi connectivity index (χ0v) is 15.5. The van der Waals surface area contributed by atoms with Crippen molar-refractivity contribution in [3.63, 3.8) is 0 Å². The molecule has 1 aromatic heterocycles. The van der Waals surface area contributed by atoms with Gasteiger partial charge in [0.25, 0.3) is 0 Å². The number of benzene rings is 1. The van der Waals surface area contributed by atoms with Crippen LogP contribution in [0.4, 0.5) is 0 Å². The van der Waals surface area contributed by atoms with E-state index in [1.807, 2.05) is 6.07 Å². The number of hydrogen-bond acceptors (Lipinski definition) is 6. The van der Waals surface area contributed by atoms with Gasteiger partial charge in [0.2, 0.25) is 10.0 Å². The van der Waals surface area contributed by atoms with E-state index in [1.54, 1.807) is 19.1 Å². The van der Waals surface area contributed by atoms with E-state index in [0.717, 1.165) is 16.6 Å². The van der Waals surface area contributed by atoms with Crippen LogP contribution in [0.15, 0.2) is 50.8 Å². The monoisotopic (exact) mass is 382 g/mol. The number of sulfonamides is 1. The third-order valence-electron chi connectivity index (χ3n) is 3.59. The molecule has 0 bridgehead atoms. The summed E-state index contributed by atoms with van der Waals surface area (Å²) in [7, 11) is -7.55. The van der Waals surface area contributed by atoms with Gasteiger partial charge in [-0.3, -0.25) is 0 Å². The first-order valence-corrected chi connectivity index (χ1v) is 10.7. The lowest BCUT2D eigenvalue weighted by Gasteiger charge is -2.21. The molecular formula is C16H18N2O5S2. The van der Waals surface area contributed by atoms with Crippen molar-refractivity contribution < 1.29 is 21.3 Å². The number of nitriles is 1. The Balaban J connectivity index is 2.50. The normalized spacial score (nSPS) is 12.2. The summed E-state index contributed by atoms with van der Waals surface area (Å²) in [6.45, 7) is 1.52.